The molecule has 1 saturated carbocycles. The summed E-state index contributed by atoms with van der Waals surface area (Å²) in [6.45, 7) is 0. The predicted molar refractivity (Wildman–Crippen MR) is 75.3 cm³/mol. The van der Waals surface area contributed by atoms with Gasteiger partial charge in [-0.15, -0.1) is 0 Å². The van der Waals surface area contributed by atoms with E-state index < -0.39 is 10.5 Å². The lowest BCUT2D eigenvalue weighted by Gasteiger charge is -2.20. The summed E-state index contributed by atoms with van der Waals surface area (Å²) in [6.07, 6.45) is 1.59. The Kier molecular flexibility index (Phi) is 4.29. The van der Waals surface area contributed by atoms with Crippen molar-refractivity contribution in [3.63, 3.8) is 0 Å². The molecule has 0 spiro atoms. The van der Waals surface area contributed by atoms with Gasteiger partial charge in [0.15, 0.2) is 0 Å². The van der Waals surface area contributed by atoms with Crippen molar-refractivity contribution in [1.82, 2.24) is 5.32 Å². The second kappa shape index (κ2) is 5.97. The van der Waals surface area contributed by atoms with E-state index >= 15 is 0 Å². The molecule has 1 N–H and O–H groups in total. The summed E-state index contributed by atoms with van der Waals surface area (Å²) in [6, 6.07) is 6.64. The fourth-order valence-corrected chi connectivity index (χ4v) is 2.53. The number of nitro benzene ring substituents is 1. The molecule has 1 fully saturated rings. The second-order valence-electron chi connectivity index (χ2n) is 5.02. The number of hydrogen-bond donors (Lipinski definition) is 1. The van der Waals surface area contributed by atoms with Gasteiger partial charge in [-0.2, -0.15) is 5.26 Å². The molecule has 1 aliphatic rings. The van der Waals surface area contributed by atoms with E-state index in [0.29, 0.717) is 25.0 Å². The average molecular weight is 291 g/mol. The fourth-order valence-electron chi connectivity index (χ4n) is 2.53. The normalized spacial score (nSPS) is 24.3. The van der Waals surface area contributed by atoms with Crippen molar-refractivity contribution in [2.24, 2.45) is 0 Å². The molecular formula is C14H17N3O4. The molecule has 0 amide bonds. The quantitative estimate of drug-likeness (QED) is 0.658. The largest absolute Gasteiger partial charge is 0.497 e. The van der Waals surface area contributed by atoms with E-state index in [4.69, 9.17) is 9.47 Å². The molecule has 7 heteroatoms. The van der Waals surface area contributed by atoms with Gasteiger partial charge in [-0.3, -0.25) is 10.1 Å². The SMILES string of the molecule is CNC1(C#N)CCC(Oc2cc(OC)ccc2[N+](=O)[O-])C1. The summed E-state index contributed by atoms with van der Waals surface area (Å²) < 4.78 is 10.8. The molecule has 0 bridgehead atoms. The lowest BCUT2D eigenvalue weighted by molar-refractivity contribution is -0.386. The Morgan fingerprint density at radius 3 is 2.86 bits per heavy atom. The highest BCUT2D eigenvalue weighted by Crippen LogP contribution is 2.37. The summed E-state index contributed by atoms with van der Waals surface area (Å²) in [4.78, 5) is 10.6. The van der Waals surface area contributed by atoms with Gasteiger partial charge in [-0.05, 0) is 26.0 Å². The van der Waals surface area contributed by atoms with Crippen molar-refractivity contribution >= 4 is 5.69 Å². The van der Waals surface area contributed by atoms with Crippen LogP contribution in [0.1, 0.15) is 19.3 Å². The summed E-state index contributed by atoms with van der Waals surface area (Å²) in [7, 11) is 3.22. The van der Waals surface area contributed by atoms with E-state index in [1.54, 1.807) is 7.05 Å². The maximum Gasteiger partial charge on any atom is 0.311 e. The van der Waals surface area contributed by atoms with E-state index in [1.807, 2.05) is 0 Å². The molecule has 21 heavy (non-hydrogen) atoms. The van der Waals surface area contributed by atoms with Crippen LogP contribution in [0.5, 0.6) is 11.5 Å². The number of ether oxygens (including phenoxy) is 2. The topological polar surface area (TPSA) is 97.4 Å². The van der Waals surface area contributed by atoms with Gasteiger partial charge in [0.05, 0.1) is 18.1 Å². The van der Waals surface area contributed by atoms with Crippen LogP contribution in [0.2, 0.25) is 0 Å². The Balaban J connectivity index is 2.20. The lowest BCUT2D eigenvalue weighted by atomic mass is 10.0. The molecule has 0 aromatic heterocycles. The number of nitriles is 1. The van der Waals surface area contributed by atoms with Crippen molar-refractivity contribution in [2.75, 3.05) is 14.2 Å². The van der Waals surface area contributed by atoms with Crippen LogP contribution in [0, 0.1) is 21.4 Å². The minimum absolute atomic E-state index is 0.102. The van der Waals surface area contributed by atoms with Crippen molar-refractivity contribution in [3.05, 3.63) is 28.3 Å². The van der Waals surface area contributed by atoms with Gasteiger partial charge in [0.1, 0.15) is 17.4 Å². The van der Waals surface area contributed by atoms with Crippen LogP contribution in [0.4, 0.5) is 5.69 Å². The number of nitrogens with one attached hydrogen (secondary N) is 1. The molecule has 2 atom stereocenters. The second-order valence-corrected chi connectivity index (χ2v) is 5.02. The number of rotatable bonds is 5. The highest BCUT2D eigenvalue weighted by atomic mass is 16.6. The van der Waals surface area contributed by atoms with Gasteiger partial charge in [0, 0.05) is 18.6 Å². The van der Waals surface area contributed by atoms with Gasteiger partial charge in [0.25, 0.3) is 0 Å². The van der Waals surface area contributed by atoms with Crippen LogP contribution in [-0.4, -0.2) is 30.7 Å². The molecule has 1 aromatic carbocycles. The Labute approximate surface area is 122 Å². The van der Waals surface area contributed by atoms with Crippen LogP contribution in [-0.2, 0) is 0 Å². The monoisotopic (exact) mass is 291 g/mol. The van der Waals surface area contributed by atoms with Crippen LogP contribution >= 0.6 is 0 Å². The van der Waals surface area contributed by atoms with E-state index in [2.05, 4.69) is 11.4 Å². The minimum Gasteiger partial charge on any atom is -0.497 e. The van der Waals surface area contributed by atoms with Gasteiger partial charge in [-0.25, -0.2) is 0 Å². The molecule has 2 unspecified atom stereocenters. The first kappa shape index (κ1) is 15.1. The summed E-state index contributed by atoms with van der Waals surface area (Å²) >= 11 is 0. The molecular weight excluding hydrogens is 274 g/mol. The minimum atomic E-state index is -0.613. The Morgan fingerprint density at radius 2 is 2.33 bits per heavy atom. The average Bonchev–Trinajstić information content (AvgIpc) is 2.90. The van der Waals surface area contributed by atoms with Gasteiger partial charge < -0.3 is 14.8 Å². The van der Waals surface area contributed by atoms with Crippen LogP contribution in [0.15, 0.2) is 18.2 Å². The molecule has 0 aliphatic heterocycles. The Hall–Kier alpha value is -2.33. The number of nitrogens with zero attached hydrogens (tertiary/aromatic N) is 2. The van der Waals surface area contributed by atoms with Crippen molar-refractivity contribution in [1.29, 1.82) is 5.26 Å². The zero-order valence-electron chi connectivity index (χ0n) is 12.0. The fraction of sp³-hybridized carbons (Fsp3) is 0.500. The predicted octanol–water partition coefficient (Wildman–Crippen LogP) is 2.02. The third-order valence-corrected chi connectivity index (χ3v) is 3.82. The first-order chi connectivity index (χ1) is 10.0. The van der Waals surface area contributed by atoms with E-state index in [-0.39, 0.29) is 17.5 Å². The van der Waals surface area contributed by atoms with Crippen molar-refractivity contribution in [3.8, 4) is 17.6 Å². The third kappa shape index (κ3) is 3.06. The molecule has 1 aliphatic carbocycles. The van der Waals surface area contributed by atoms with Crippen molar-refractivity contribution < 1.29 is 14.4 Å². The van der Waals surface area contributed by atoms with Gasteiger partial charge in [-0.1, -0.05) is 0 Å². The first-order valence-electron chi connectivity index (χ1n) is 6.63. The molecule has 0 radical (unpaired) electrons. The van der Waals surface area contributed by atoms with Crippen LogP contribution in [0.25, 0.3) is 0 Å². The molecule has 7 nitrogen and oxygen atoms in total. The first-order valence-corrected chi connectivity index (χ1v) is 6.63. The highest BCUT2D eigenvalue weighted by Gasteiger charge is 2.40. The number of methoxy groups -OCH3 is 1. The zero-order valence-corrected chi connectivity index (χ0v) is 12.0. The van der Waals surface area contributed by atoms with E-state index in [9.17, 15) is 15.4 Å². The third-order valence-electron chi connectivity index (χ3n) is 3.82. The Morgan fingerprint density at radius 1 is 1.57 bits per heavy atom. The maximum absolute atomic E-state index is 11.1. The maximum atomic E-state index is 11.1. The number of benzene rings is 1. The van der Waals surface area contributed by atoms with E-state index in [0.717, 1.165) is 0 Å². The van der Waals surface area contributed by atoms with Gasteiger partial charge >= 0.3 is 5.69 Å². The molecule has 1 aromatic rings. The highest BCUT2D eigenvalue weighted by molar-refractivity contribution is 5.50. The summed E-state index contributed by atoms with van der Waals surface area (Å²) in [5.74, 6) is 0.669. The smallest absolute Gasteiger partial charge is 0.311 e. The number of hydrogen-bond acceptors (Lipinski definition) is 6. The Bertz CT molecular complexity index is 584. The van der Waals surface area contributed by atoms with Crippen LogP contribution < -0.4 is 14.8 Å². The molecule has 2 rings (SSSR count). The van der Waals surface area contributed by atoms with E-state index in [1.165, 1.54) is 25.3 Å². The molecule has 0 saturated heterocycles. The molecule has 0 heterocycles. The summed E-state index contributed by atoms with van der Waals surface area (Å²) in [5.41, 5.74) is -0.715. The number of nitro groups is 1. The molecule has 112 valence electrons. The van der Waals surface area contributed by atoms with Crippen LogP contribution in [0.3, 0.4) is 0 Å². The zero-order chi connectivity index (χ0) is 15.5. The summed E-state index contributed by atoms with van der Waals surface area (Å²) in [5, 5.41) is 23.3. The lowest BCUT2D eigenvalue weighted by Crippen LogP contribution is -2.39. The standard InChI is InChI=1S/C14H17N3O4/c1-16-14(9-15)6-5-11(8-14)21-13-7-10(20-2)3-4-12(13)17(18)19/h3-4,7,11,16H,5-6,8H2,1-2H3. The van der Waals surface area contributed by atoms with Crippen molar-refractivity contribution in [2.45, 2.75) is 30.9 Å². The van der Waals surface area contributed by atoms with Gasteiger partial charge in [0.2, 0.25) is 5.75 Å².